The zero-order valence-electron chi connectivity index (χ0n) is 13.1. The van der Waals surface area contributed by atoms with E-state index in [1.165, 1.54) is 18.9 Å². The van der Waals surface area contributed by atoms with Crippen molar-refractivity contribution in [1.82, 2.24) is 19.9 Å². The fraction of sp³-hybridized carbons (Fsp3) is 0.529. The number of hydrogen-bond acceptors (Lipinski definition) is 4. The van der Waals surface area contributed by atoms with Crippen LogP contribution in [0.25, 0.3) is 11.3 Å². The molecule has 2 aliphatic carbocycles. The van der Waals surface area contributed by atoms with Gasteiger partial charge in [-0.1, -0.05) is 0 Å². The van der Waals surface area contributed by atoms with Crippen molar-refractivity contribution in [2.75, 3.05) is 18.8 Å². The Bertz CT molecular complexity index is 788. The number of rotatable bonds is 4. The van der Waals surface area contributed by atoms with Gasteiger partial charge in [0.15, 0.2) is 0 Å². The molecule has 2 aromatic heterocycles. The van der Waals surface area contributed by atoms with Crippen molar-refractivity contribution < 1.29 is 8.78 Å². The van der Waals surface area contributed by atoms with Gasteiger partial charge in [-0.25, -0.2) is 18.7 Å². The summed E-state index contributed by atoms with van der Waals surface area (Å²) in [5.74, 6) is 2.89. The van der Waals surface area contributed by atoms with Crippen LogP contribution in [0.15, 0.2) is 18.5 Å². The van der Waals surface area contributed by atoms with Crippen LogP contribution in [0.1, 0.15) is 42.6 Å². The molecule has 0 radical (unpaired) electrons. The summed E-state index contributed by atoms with van der Waals surface area (Å²) in [6.07, 6.45) is 3.27. The number of nitrogens with zero attached hydrogens (tertiary/aromatic N) is 3. The second kappa shape index (κ2) is 4.99. The van der Waals surface area contributed by atoms with Crippen molar-refractivity contribution >= 4 is 5.82 Å². The first-order chi connectivity index (χ1) is 11.6. The van der Waals surface area contributed by atoms with Crippen molar-refractivity contribution in [2.24, 2.45) is 11.8 Å². The molecule has 0 aromatic carbocycles. The summed E-state index contributed by atoms with van der Waals surface area (Å²) >= 11 is 0. The Morgan fingerprint density at radius 1 is 1.25 bits per heavy atom. The maximum atomic E-state index is 13.1. The number of alkyl halides is 2. The molecule has 0 bridgehead atoms. The lowest BCUT2D eigenvalue weighted by Gasteiger charge is -2.09. The number of pyridine rings is 1. The molecular weight excluding hydrogens is 312 g/mol. The predicted molar refractivity (Wildman–Crippen MR) is 85.7 cm³/mol. The minimum atomic E-state index is -2.63. The minimum absolute atomic E-state index is 0.113. The van der Waals surface area contributed by atoms with E-state index in [9.17, 15) is 8.78 Å². The van der Waals surface area contributed by atoms with Crippen molar-refractivity contribution in [1.29, 1.82) is 0 Å². The molecule has 126 valence electrons. The van der Waals surface area contributed by atoms with Gasteiger partial charge in [0, 0.05) is 43.0 Å². The molecule has 5 nitrogen and oxygen atoms in total. The zero-order valence-corrected chi connectivity index (χ0v) is 13.1. The van der Waals surface area contributed by atoms with Crippen LogP contribution in [-0.2, 0) is 0 Å². The Balaban J connectivity index is 1.54. The second-order valence-electron chi connectivity index (χ2n) is 7.14. The maximum Gasteiger partial charge on any atom is 0.267 e. The summed E-state index contributed by atoms with van der Waals surface area (Å²) < 4.78 is 28.5. The molecule has 3 N–H and O–H groups in total. The number of nitrogens with two attached hydrogens (primary N) is 1. The van der Waals surface area contributed by atoms with Gasteiger partial charge in [0.05, 0.1) is 11.3 Å². The third-order valence-corrected chi connectivity index (χ3v) is 5.55. The summed E-state index contributed by atoms with van der Waals surface area (Å²) in [5, 5.41) is 3.41. The average molecular weight is 331 g/mol. The molecule has 0 amide bonds. The Morgan fingerprint density at radius 3 is 2.67 bits per heavy atom. The van der Waals surface area contributed by atoms with Gasteiger partial charge in [-0.2, -0.15) is 0 Å². The van der Waals surface area contributed by atoms with Crippen molar-refractivity contribution in [3.8, 4) is 11.3 Å². The standard InChI is InChI=1S/C17H19F2N5/c18-15(19)10-3-9(4-22-16(10)20)13-7-24(17(23-13)8-1-2-8)14-11-5-21-6-12(11)14/h3-4,7-8,11-12,14-15,21H,1-2,5-6H2,(H2,20,22)/t11-,12+,14+. The Morgan fingerprint density at radius 2 is 2.00 bits per heavy atom. The number of halogens is 2. The number of hydrogen-bond donors (Lipinski definition) is 2. The number of aromatic nitrogens is 3. The van der Waals surface area contributed by atoms with Gasteiger partial charge >= 0.3 is 0 Å². The number of nitrogens with one attached hydrogen (secondary N) is 1. The Labute approximate surface area is 138 Å². The van der Waals surface area contributed by atoms with Crippen molar-refractivity contribution in [3.63, 3.8) is 0 Å². The normalized spacial score (nSPS) is 28.4. The summed E-state index contributed by atoms with van der Waals surface area (Å²) in [4.78, 5) is 8.71. The molecule has 24 heavy (non-hydrogen) atoms. The van der Waals surface area contributed by atoms with Gasteiger partial charge in [-0.3, -0.25) is 0 Å². The highest BCUT2D eigenvalue weighted by Crippen LogP contribution is 2.55. The molecule has 0 unspecified atom stereocenters. The number of nitrogen functional groups attached to an aromatic ring is 1. The molecule has 0 spiro atoms. The molecule has 7 heteroatoms. The highest BCUT2D eigenvalue weighted by molar-refractivity contribution is 5.62. The predicted octanol–water partition coefficient (Wildman–Crippen LogP) is 2.73. The van der Waals surface area contributed by atoms with Gasteiger partial charge in [0.25, 0.3) is 6.43 Å². The Kier molecular flexibility index (Phi) is 2.98. The largest absolute Gasteiger partial charge is 0.383 e. The summed E-state index contributed by atoms with van der Waals surface area (Å²) in [5.41, 5.74) is 6.68. The lowest BCUT2D eigenvalue weighted by Crippen LogP contribution is -2.17. The van der Waals surface area contributed by atoms with E-state index < -0.39 is 6.43 Å². The molecule has 3 heterocycles. The first-order valence-corrected chi connectivity index (χ1v) is 8.47. The summed E-state index contributed by atoms with van der Waals surface area (Å²) in [7, 11) is 0. The third-order valence-electron chi connectivity index (χ3n) is 5.55. The van der Waals surface area contributed by atoms with Crippen LogP contribution in [0.3, 0.4) is 0 Å². The van der Waals surface area contributed by atoms with Crippen molar-refractivity contribution in [3.05, 3.63) is 29.8 Å². The third kappa shape index (κ3) is 2.14. The van der Waals surface area contributed by atoms with E-state index in [0.29, 0.717) is 29.4 Å². The molecule has 1 aliphatic heterocycles. The lowest BCUT2D eigenvalue weighted by molar-refractivity contribution is 0.152. The zero-order chi connectivity index (χ0) is 16.4. The second-order valence-corrected chi connectivity index (χ2v) is 7.14. The fourth-order valence-electron chi connectivity index (χ4n) is 4.03. The van der Waals surface area contributed by atoms with Gasteiger partial charge in [0.1, 0.15) is 11.6 Å². The monoisotopic (exact) mass is 331 g/mol. The van der Waals surface area contributed by atoms with E-state index >= 15 is 0 Å². The molecule has 2 saturated carbocycles. The van der Waals surface area contributed by atoms with Crippen LogP contribution in [-0.4, -0.2) is 27.6 Å². The van der Waals surface area contributed by atoms with Gasteiger partial charge < -0.3 is 15.6 Å². The van der Waals surface area contributed by atoms with Gasteiger partial charge in [-0.15, -0.1) is 0 Å². The topological polar surface area (TPSA) is 68.8 Å². The fourth-order valence-corrected chi connectivity index (χ4v) is 4.03. The van der Waals surface area contributed by atoms with Gasteiger partial charge in [-0.05, 0) is 30.7 Å². The van der Waals surface area contributed by atoms with Gasteiger partial charge in [0.2, 0.25) is 0 Å². The smallest absolute Gasteiger partial charge is 0.267 e. The van der Waals surface area contributed by atoms with Crippen LogP contribution in [0.2, 0.25) is 0 Å². The first-order valence-electron chi connectivity index (χ1n) is 8.47. The number of piperidine rings is 1. The molecule has 3 atom stereocenters. The highest BCUT2D eigenvalue weighted by Gasteiger charge is 2.55. The molecule has 5 rings (SSSR count). The van der Waals surface area contributed by atoms with E-state index in [1.54, 1.807) is 6.20 Å². The van der Waals surface area contributed by atoms with Crippen LogP contribution < -0.4 is 11.1 Å². The highest BCUT2D eigenvalue weighted by atomic mass is 19.3. The number of anilines is 1. The molecule has 3 fully saturated rings. The van der Waals surface area contributed by atoms with Crippen LogP contribution in [0.4, 0.5) is 14.6 Å². The van der Waals surface area contributed by atoms with Crippen LogP contribution in [0.5, 0.6) is 0 Å². The number of imidazole rings is 1. The molecule has 1 saturated heterocycles. The first kappa shape index (κ1) is 14.3. The van der Waals surface area contributed by atoms with Crippen LogP contribution in [0, 0.1) is 11.8 Å². The van der Waals surface area contributed by atoms with E-state index in [0.717, 1.165) is 24.6 Å². The van der Waals surface area contributed by atoms with E-state index in [2.05, 4.69) is 14.9 Å². The van der Waals surface area contributed by atoms with E-state index in [1.807, 2.05) is 6.20 Å². The van der Waals surface area contributed by atoms with E-state index in [-0.39, 0.29) is 11.4 Å². The summed E-state index contributed by atoms with van der Waals surface area (Å²) in [6.45, 7) is 2.12. The summed E-state index contributed by atoms with van der Waals surface area (Å²) in [6, 6.07) is 1.94. The molecule has 2 aromatic rings. The minimum Gasteiger partial charge on any atom is -0.383 e. The average Bonchev–Trinajstić information content (AvgIpc) is 3.43. The SMILES string of the molecule is Nc1ncc(-c2cn([C@H]3[C@@H]4CNC[C@@H]43)c(C3CC3)n2)cc1C(F)F. The quantitative estimate of drug-likeness (QED) is 0.904. The van der Waals surface area contributed by atoms with Crippen molar-refractivity contribution in [2.45, 2.75) is 31.2 Å². The van der Waals surface area contributed by atoms with Crippen LogP contribution >= 0.6 is 0 Å². The lowest BCUT2D eigenvalue weighted by atomic mass is 10.1. The van der Waals surface area contributed by atoms with E-state index in [4.69, 9.17) is 10.7 Å². The Hall–Kier alpha value is -2.02. The molecular formula is C17H19F2N5. The number of fused-ring (bicyclic) bond motifs is 1. The molecule has 3 aliphatic rings. The maximum absolute atomic E-state index is 13.1.